The number of carbonyl (C=O) groups is 2. The molecule has 0 saturated carbocycles. The van der Waals surface area contributed by atoms with Gasteiger partial charge < -0.3 is 14.4 Å². The van der Waals surface area contributed by atoms with Crippen LogP contribution in [-0.2, 0) is 14.3 Å². The first-order valence-electron chi connectivity index (χ1n) is 7.95. The standard InChI is InChI=1S/C16H28ClNO4/c1-5-21-13(19)16(7-6-10-17)8-11-18(12-9-16)14(20)22-15(2,3)4/h5-12H2,1-4H3. The van der Waals surface area contributed by atoms with Crippen LogP contribution in [0.3, 0.4) is 0 Å². The van der Waals surface area contributed by atoms with Crippen molar-refractivity contribution in [3.05, 3.63) is 0 Å². The molecule has 22 heavy (non-hydrogen) atoms. The number of alkyl halides is 1. The minimum absolute atomic E-state index is 0.163. The number of likely N-dealkylation sites (tertiary alicyclic amines) is 1. The van der Waals surface area contributed by atoms with E-state index in [2.05, 4.69) is 0 Å². The van der Waals surface area contributed by atoms with E-state index in [1.54, 1.807) is 4.90 Å². The van der Waals surface area contributed by atoms with Crippen LogP contribution < -0.4 is 0 Å². The molecule has 0 unspecified atom stereocenters. The van der Waals surface area contributed by atoms with Crippen molar-refractivity contribution in [2.75, 3.05) is 25.6 Å². The summed E-state index contributed by atoms with van der Waals surface area (Å²) in [5.74, 6) is 0.362. The van der Waals surface area contributed by atoms with Gasteiger partial charge in [-0.1, -0.05) is 0 Å². The summed E-state index contributed by atoms with van der Waals surface area (Å²) in [6.45, 7) is 8.74. The zero-order valence-electron chi connectivity index (χ0n) is 14.1. The molecule has 128 valence electrons. The van der Waals surface area contributed by atoms with E-state index in [0.29, 0.717) is 44.8 Å². The predicted octanol–water partition coefficient (Wildman–Crippen LogP) is 3.59. The number of amides is 1. The maximum absolute atomic E-state index is 12.3. The van der Waals surface area contributed by atoms with Crippen LogP contribution in [0.1, 0.15) is 53.4 Å². The second-order valence-electron chi connectivity index (χ2n) is 6.76. The third kappa shape index (κ3) is 5.34. The van der Waals surface area contributed by atoms with Gasteiger partial charge in [0, 0.05) is 19.0 Å². The highest BCUT2D eigenvalue weighted by Crippen LogP contribution is 2.38. The number of halogens is 1. The fourth-order valence-corrected chi connectivity index (χ4v) is 2.82. The molecule has 1 fully saturated rings. The van der Waals surface area contributed by atoms with Crippen LogP contribution in [0.5, 0.6) is 0 Å². The smallest absolute Gasteiger partial charge is 0.410 e. The number of piperidine rings is 1. The zero-order chi connectivity index (χ0) is 16.8. The SMILES string of the molecule is CCOC(=O)C1(CCCCl)CCN(C(=O)OC(C)(C)C)CC1. The highest BCUT2D eigenvalue weighted by Gasteiger charge is 2.43. The molecule has 1 aliphatic heterocycles. The van der Waals surface area contributed by atoms with Crippen molar-refractivity contribution in [3.63, 3.8) is 0 Å². The lowest BCUT2D eigenvalue weighted by Crippen LogP contribution is -2.48. The molecule has 1 aliphatic rings. The monoisotopic (exact) mass is 333 g/mol. The Morgan fingerprint density at radius 2 is 1.82 bits per heavy atom. The van der Waals surface area contributed by atoms with Gasteiger partial charge in [-0.2, -0.15) is 0 Å². The third-order valence-corrected chi connectivity index (χ3v) is 4.14. The van der Waals surface area contributed by atoms with Gasteiger partial charge in [-0.05, 0) is 53.4 Å². The molecule has 1 heterocycles. The minimum atomic E-state index is -0.511. The highest BCUT2D eigenvalue weighted by atomic mass is 35.5. The second kappa shape index (κ2) is 8.04. The van der Waals surface area contributed by atoms with Gasteiger partial charge in [-0.15, -0.1) is 11.6 Å². The van der Waals surface area contributed by atoms with Crippen LogP contribution in [0.25, 0.3) is 0 Å². The Balaban J connectivity index is 2.68. The summed E-state index contributed by atoms with van der Waals surface area (Å²) in [4.78, 5) is 26.1. The van der Waals surface area contributed by atoms with Gasteiger partial charge in [-0.3, -0.25) is 4.79 Å². The molecule has 1 rings (SSSR count). The first kappa shape index (κ1) is 19.1. The molecular weight excluding hydrogens is 306 g/mol. The molecule has 1 saturated heterocycles. The average molecular weight is 334 g/mol. The Labute approximate surface area is 138 Å². The molecule has 0 aromatic carbocycles. The molecule has 0 spiro atoms. The zero-order valence-corrected chi connectivity index (χ0v) is 14.9. The third-order valence-electron chi connectivity index (χ3n) is 3.87. The molecular formula is C16H28ClNO4. The quantitative estimate of drug-likeness (QED) is 0.570. The maximum atomic E-state index is 12.3. The van der Waals surface area contributed by atoms with Gasteiger partial charge in [-0.25, -0.2) is 4.79 Å². The topological polar surface area (TPSA) is 55.8 Å². The van der Waals surface area contributed by atoms with E-state index in [4.69, 9.17) is 21.1 Å². The van der Waals surface area contributed by atoms with Crippen molar-refractivity contribution in [2.45, 2.75) is 59.0 Å². The fourth-order valence-electron chi connectivity index (χ4n) is 2.69. The first-order chi connectivity index (χ1) is 10.2. The molecule has 0 aromatic heterocycles. The molecule has 0 bridgehead atoms. The molecule has 6 heteroatoms. The van der Waals surface area contributed by atoms with E-state index >= 15 is 0 Å². The van der Waals surface area contributed by atoms with Crippen LogP contribution in [0, 0.1) is 5.41 Å². The lowest BCUT2D eigenvalue weighted by Gasteiger charge is -2.40. The van der Waals surface area contributed by atoms with Crippen LogP contribution in [0.4, 0.5) is 4.79 Å². The predicted molar refractivity (Wildman–Crippen MR) is 86.1 cm³/mol. The van der Waals surface area contributed by atoms with Crippen molar-refractivity contribution in [1.29, 1.82) is 0 Å². The number of nitrogens with zero attached hydrogens (tertiary/aromatic N) is 1. The van der Waals surface area contributed by atoms with Gasteiger partial charge in [0.25, 0.3) is 0 Å². The normalized spacial score (nSPS) is 18.0. The fraction of sp³-hybridized carbons (Fsp3) is 0.875. The minimum Gasteiger partial charge on any atom is -0.466 e. The summed E-state index contributed by atoms with van der Waals surface area (Å²) in [6, 6.07) is 0. The second-order valence-corrected chi connectivity index (χ2v) is 7.14. The van der Waals surface area contributed by atoms with Gasteiger partial charge in [0.05, 0.1) is 12.0 Å². The molecule has 0 atom stereocenters. The lowest BCUT2D eigenvalue weighted by atomic mass is 9.75. The number of hydrogen-bond donors (Lipinski definition) is 0. The average Bonchev–Trinajstić information content (AvgIpc) is 2.44. The Kier molecular flexibility index (Phi) is 6.98. The van der Waals surface area contributed by atoms with Gasteiger partial charge in [0.2, 0.25) is 0 Å². The molecule has 0 radical (unpaired) electrons. The Bertz CT molecular complexity index is 384. The summed E-state index contributed by atoms with van der Waals surface area (Å²) in [6.07, 6.45) is 2.36. The van der Waals surface area contributed by atoms with E-state index in [9.17, 15) is 9.59 Å². The summed E-state index contributed by atoms with van der Waals surface area (Å²) >= 11 is 5.78. The van der Waals surface area contributed by atoms with Crippen molar-refractivity contribution < 1.29 is 19.1 Å². The molecule has 0 aliphatic carbocycles. The van der Waals surface area contributed by atoms with Crippen LogP contribution in [0.2, 0.25) is 0 Å². The van der Waals surface area contributed by atoms with Gasteiger partial charge in [0.15, 0.2) is 0 Å². The van der Waals surface area contributed by atoms with Gasteiger partial charge in [0.1, 0.15) is 5.60 Å². The number of carbonyl (C=O) groups excluding carboxylic acids is 2. The highest BCUT2D eigenvalue weighted by molar-refractivity contribution is 6.17. The Morgan fingerprint density at radius 1 is 1.23 bits per heavy atom. The van der Waals surface area contributed by atoms with Crippen molar-refractivity contribution >= 4 is 23.7 Å². The van der Waals surface area contributed by atoms with Crippen LogP contribution >= 0.6 is 11.6 Å². The maximum Gasteiger partial charge on any atom is 0.410 e. The molecule has 1 amide bonds. The van der Waals surface area contributed by atoms with E-state index in [1.807, 2.05) is 27.7 Å². The van der Waals surface area contributed by atoms with E-state index < -0.39 is 11.0 Å². The number of rotatable bonds is 5. The molecule has 5 nitrogen and oxygen atoms in total. The van der Waals surface area contributed by atoms with E-state index in [1.165, 1.54) is 0 Å². The van der Waals surface area contributed by atoms with E-state index in [-0.39, 0.29) is 12.1 Å². The van der Waals surface area contributed by atoms with Crippen molar-refractivity contribution in [2.24, 2.45) is 5.41 Å². The summed E-state index contributed by atoms with van der Waals surface area (Å²) in [5, 5.41) is 0. The van der Waals surface area contributed by atoms with Gasteiger partial charge >= 0.3 is 12.1 Å². The first-order valence-corrected chi connectivity index (χ1v) is 8.48. The molecule has 0 N–H and O–H groups in total. The largest absolute Gasteiger partial charge is 0.466 e. The van der Waals surface area contributed by atoms with Crippen molar-refractivity contribution in [1.82, 2.24) is 4.90 Å². The van der Waals surface area contributed by atoms with Crippen LogP contribution in [0.15, 0.2) is 0 Å². The number of hydrogen-bond acceptors (Lipinski definition) is 4. The summed E-state index contributed by atoms with van der Waals surface area (Å²) in [5.41, 5.74) is -1.02. The number of esters is 1. The van der Waals surface area contributed by atoms with E-state index in [0.717, 1.165) is 6.42 Å². The van der Waals surface area contributed by atoms with Crippen molar-refractivity contribution in [3.8, 4) is 0 Å². The van der Waals surface area contributed by atoms with Crippen LogP contribution in [-0.4, -0.2) is 48.1 Å². The molecule has 0 aromatic rings. The lowest BCUT2D eigenvalue weighted by molar-refractivity contribution is -0.159. The summed E-state index contributed by atoms with van der Waals surface area (Å²) in [7, 11) is 0. The summed E-state index contributed by atoms with van der Waals surface area (Å²) < 4.78 is 10.6. The Morgan fingerprint density at radius 3 is 2.27 bits per heavy atom. The Hall–Kier alpha value is -0.970. The number of ether oxygens (including phenoxy) is 2.